The van der Waals surface area contributed by atoms with Crippen molar-refractivity contribution in [1.29, 1.82) is 0 Å². The number of benzene rings is 3. The molecule has 0 atom stereocenters. The van der Waals surface area contributed by atoms with Crippen molar-refractivity contribution in [2.75, 3.05) is 47.4 Å². The number of halogens is 2. The van der Waals surface area contributed by atoms with E-state index in [0.29, 0.717) is 53.6 Å². The molecule has 14 nitrogen and oxygen atoms in total. The van der Waals surface area contributed by atoms with Crippen molar-refractivity contribution < 1.29 is 66.0 Å². The number of carbonyl (C=O) groups excluding carboxylic acids is 5. The largest absolute Gasteiger partial charge is 0.497 e. The van der Waals surface area contributed by atoms with Crippen LogP contribution in [0.3, 0.4) is 0 Å². The van der Waals surface area contributed by atoms with Gasteiger partial charge in [0.15, 0.2) is 35.0 Å². The summed E-state index contributed by atoms with van der Waals surface area (Å²) >= 11 is 10.5. The zero-order chi connectivity index (χ0) is 72.9. The Morgan fingerprint density at radius 1 is 0.473 bits per heavy atom. The Kier molecular flexibility index (Phi) is 137. The zero-order valence-corrected chi connectivity index (χ0v) is 66.9. The van der Waals surface area contributed by atoms with Crippen LogP contribution < -0.4 is 9.47 Å². The van der Waals surface area contributed by atoms with Gasteiger partial charge in [0.1, 0.15) is 27.6 Å². The first kappa shape index (κ1) is 169. The number of carbonyl (C=O) groups is 5. The number of Topliss-reactive ketones (excluding diaryl/α,β-unsaturated/α-hetero) is 3. The second kappa shape index (κ2) is 88.7. The molecule has 0 aromatic heterocycles. The maximum Gasteiger partial charge on any atom is 0.305 e. The smallest absolute Gasteiger partial charge is 0.305 e. The van der Waals surface area contributed by atoms with Gasteiger partial charge >= 0.3 is 11.9 Å². The monoisotopic (exact) mass is 1660 g/mol. The average molecular weight is 1660 g/mol. The van der Waals surface area contributed by atoms with Crippen LogP contribution in [0.1, 0.15) is 354 Å². The van der Waals surface area contributed by atoms with E-state index in [1.54, 1.807) is 14.2 Å². The molecule has 6 rings (SSSR count). The highest BCUT2D eigenvalue weighted by Gasteiger charge is 2.41. The number of hydrogen-bond acceptors (Lipinski definition) is 14. The minimum Gasteiger partial charge on any atom is -0.497 e. The van der Waals surface area contributed by atoms with Gasteiger partial charge in [-0.05, 0) is 141 Å². The quantitative estimate of drug-likeness (QED) is 0.0727. The third-order valence-corrected chi connectivity index (χ3v) is 20.7. The standard InChI is InChI=1S/C11H20O4.C11H12O.C10H14.C8H10O2.C8H22OSi2.C5H8O4.C5H8O2.2C5H12.C4H6Cl2.C2H6.18CH4/c1-3-9-12-5-11(6-13-9)7-14-10(4-2)15-8-11;1-11(2)7-10(12)8-5-3-4-6-9(8)11;1-10(2,3)9-7-5-4-6-8-9;1-9-7-3-5-8(10-2)6-4-7;1-7-10(3,4)9-11(5,6)8-2;1-4(6)8-3-9-5(2)7;1-4(6)3-5(2)7;2*1-5(2,3)4;1-3(2)4(5)6;1-2;;;;;;;;;;;;;;;;;;/h9-10H,3-8H2,1-2H3;3-6H,7H2,1-2H3;4-8H,1-3H3;3-6H,1-2H3;7-8H2,1-6H3;3H2,1-2H3;3H2,1-2H3;2*1-4H3;1-2H3;1-2H3;18*1H4. The maximum atomic E-state index is 11.5. The summed E-state index contributed by atoms with van der Waals surface area (Å²) < 4.78 is 47.5. The predicted molar refractivity (Wildman–Crippen MR) is 512 cm³/mol. The lowest BCUT2D eigenvalue weighted by Gasteiger charge is -2.43. The lowest BCUT2D eigenvalue weighted by atomic mass is 9.87. The van der Waals surface area contributed by atoms with Gasteiger partial charge in [0, 0.05) is 25.8 Å². The minimum atomic E-state index is -1.27. The Hall–Kier alpha value is -4.24. The van der Waals surface area contributed by atoms with Gasteiger partial charge in [0.25, 0.3) is 0 Å². The van der Waals surface area contributed by atoms with Crippen molar-refractivity contribution in [2.45, 2.75) is 394 Å². The van der Waals surface area contributed by atoms with Crippen molar-refractivity contribution in [2.24, 2.45) is 16.2 Å². The molecule has 0 N–H and O–H groups in total. The molecule has 2 saturated heterocycles. The van der Waals surface area contributed by atoms with Crippen LogP contribution in [0, 0.1) is 16.2 Å². The predicted octanol–water partition coefficient (Wildman–Crippen LogP) is 32.2. The van der Waals surface area contributed by atoms with E-state index in [9.17, 15) is 24.0 Å². The molecule has 676 valence electrons. The topological polar surface area (TPSA) is 168 Å². The number of hydrogen-bond donors (Lipinski definition) is 0. The van der Waals surface area contributed by atoms with Crippen LogP contribution in [0.25, 0.3) is 0 Å². The van der Waals surface area contributed by atoms with Gasteiger partial charge in [0.05, 0.1) is 52.5 Å². The fraction of sp³-hybridized carbons (Fsp3) is 0.728. The molecule has 0 unspecified atom stereocenters. The SMILES string of the molecule is C.C.C.C.C.C.C.C.C.C.C.C.C.C.C.C.C.C.CC.CC(=O)CC(C)=O.CC(=O)OCOC(C)=O.CC(C)(C)C.CC(C)(C)C.CC(C)(C)c1ccccc1.CC(C)=C(Cl)Cl.CC1(C)CC(=O)c2ccccc21.CCC1OCC2(CO1)COC(CC)OC2.CC[Si](C)(C)O[Si](C)(C)CC.COc1ccc(OC)cc1. The molecular weight excluding hydrogens is 1460 g/mol. The molecule has 0 amide bonds. The molecule has 18 heteroatoms. The van der Waals surface area contributed by atoms with Crippen molar-refractivity contribution in [3.8, 4) is 11.5 Å². The van der Waals surface area contributed by atoms with Crippen molar-refractivity contribution >= 4 is 69.1 Å². The van der Waals surface area contributed by atoms with Crippen molar-refractivity contribution in [3.63, 3.8) is 0 Å². The van der Waals surface area contributed by atoms with Crippen LogP contribution in [0.2, 0.25) is 38.3 Å². The number of rotatable bonds is 12. The second-order valence-corrected chi connectivity index (χ2v) is 38.7. The van der Waals surface area contributed by atoms with Crippen LogP contribution >= 0.6 is 23.2 Å². The zero-order valence-electron chi connectivity index (χ0n) is 63.4. The summed E-state index contributed by atoms with van der Waals surface area (Å²) in [5, 5.41) is 0. The average Bonchev–Trinajstić information content (AvgIpc) is 1.61. The molecule has 1 spiro atoms. The van der Waals surface area contributed by atoms with Gasteiger partial charge < -0.3 is 42.0 Å². The van der Waals surface area contributed by atoms with Crippen molar-refractivity contribution in [1.82, 2.24) is 0 Å². The first-order valence-corrected chi connectivity index (χ1v) is 39.3. The first-order valence-electron chi connectivity index (χ1n) is 32.4. The van der Waals surface area contributed by atoms with Gasteiger partial charge in [0.2, 0.25) is 6.79 Å². The van der Waals surface area contributed by atoms with Gasteiger partial charge in [-0.1, -0.05) is 343 Å². The summed E-state index contributed by atoms with van der Waals surface area (Å²) in [6.07, 6.45) is 2.45. The van der Waals surface area contributed by atoms with Crippen LogP contribution in [-0.2, 0) is 62.5 Å². The fourth-order valence-corrected chi connectivity index (χ4v) is 14.0. The number of allylic oxidation sites excluding steroid dienone is 1. The Morgan fingerprint density at radius 3 is 0.927 bits per heavy atom. The third kappa shape index (κ3) is 102. The van der Waals surface area contributed by atoms with E-state index in [2.05, 4.69) is 190 Å². The maximum absolute atomic E-state index is 11.5. The van der Waals surface area contributed by atoms with Gasteiger partial charge in [-0.3, -0.25) is 24.0 Å². The number of methoxy groups -OCH3 is 2. The van der Waals surface area contributed by atoms with Crippen LogP contribution in [0.5, 0.6) is 11.5 Å². The van der Waals surface area contributed by atoms with E-state index < -0.39 is 28.6 Å². The van der Waals surface area contributed by atoms with Gasteiger partial charge in [-0.2, -0.15) is 0 Å². The lowest BCUT2D eigenvalue weighted by Crippen LogP contribution is -2.52. The Balaban J connectivity index is -0.0000000362. The molecule has 0 bridgehead atoms. The summed E-state index contributed by atoms with van der Waals surface area (Å²) in [6, 6.07) is 28.4. The van der Waals surface area contributed by atoms with Crippen molar-refractivity contribution in [3.05, 3.63) is 106 Å². The van der Waals surface area contributed by atoms with E-state index in [0.717, 1.165) is 35.5 Å². The first-order chi connectivity index (χ1) is 42.1. The molecule has 2 fully saturated rings. The third-order valence-electron chi connectivity index (χ3n) is 12.1. The molecule has 2 aliphatic heterocycles. The fourth-order valence-electron chi connectivity index (χ4n) is 6.89. The Labute approximate surface area is 705 Å². The molecule has 0 saturated carbocycles. The Bertz CT molecular complexity index is 2330. The van der Waals surface area contributed by atoms with Gasteiger partial charge in [-0.25, -0.2) is 0 Å². The molecule has 3 aromatic rings. The van der Waals surface area contributed by atoms with E-state index in [1.807, 2.05) is 70.2 Å². The second-order valence-electron chi connectivity index (χ2n) is 28.5. The molecule has 1 aliphatic carbocycles. The normalized spacial score (nSPS) is 13.8. The highest BCUT2D eigenvalue weighted by Crippen LogP contribution is 2.38. The highest BCUT2D eigenvalue weighted by molar-refractivity contribution is 6.84. The summed E-state index contributed by atoms with van der Waals surface area (Å²) in [4.78, 5) is 51.6. The highest BCUT2D eigenvalue weighted by atomic mass is 35.5. The van der Waals surface area contributed by atoms with Crippen LogP contribution in [0.4, 0.5) is 0 Å². The van der Waals surface area contributed by atoms with E-state index in [4.69, 9.17) is 55.7 Å². The summed E-state index contributed by atoms with van der Waals surface area (Å²) in [7, 11) is 0.737. The number of ketones is 3. The number of esters is 2. The van der Waals surface area contributed by atoms with E-state index in [1.165, 1.54) is 50.9 Å². The Morgan fingerprint density at radius 2 is 0.736 bits per heavy atom. The lowest BCUT2D eigenvalue weighted by molar-refractivity contribution is -0.302. The molecule has 0 radical (unpaired) electrons. The summed E-state index contributed by atoms with van der Waals surface area (Å²) in [6.45, 7) is 61.7. The number of ether oxygens (including phenoxy) is 8. The number of fused-ring (bicyclic) bond motifs is 1. The van der Waals surface area contributed by atoms with E-state index >= 15 is 0 Å². The summed E-state index contributed by atoms with van der Waals surface area (Å²) in [5.41, 5.74) is 5.75. The van der Waals surface area contributed by atoms with Crippen LogP contribution in [0.15, 0.2) is 88.9 Å². The molecule has 3 aliphatic rings. The molecule has 3 aromatic carbocycles. The molecule has 110 heavy (non-hydrogen) atoms. The minimum absolute atomic E-state index is 0. The summed E-state index contributed by atoms with van der Waals surface area (Å²) in [5.74, 6) is 0.935. The van der Waals surface area contributed by atoms with Gasteiger partial charge in [-0.15, -0.1) is 0 Å². The van der Waals surface area contributed by atoms with E-state index in [-0.39, 0.29) is 188 Å². The molecular formula is C92H202Cl2O14Si2. The van der Waals surface area contributed by atoms with Crippen LogP contribution in [-0.4, -0.2) is 106 Å². The molecule has 2 heterocycles.